The van der Waals surface area contributed by atoms with Crippen LogP contribution in [0.15, 0.2) is 12.3 Å². The maximum atomic E-state index is 12.1. The number of rotatable bonds is 2. The molecule has 0 fully saturated rings. The summed E-state index contributed by atoms with van der Waals surface area (Å²) in [5, 5.41) is 18.8. The van der Waals surface area contributed by atoms with Gasteiger partial charge in [-0.3, -0.25) is 15.1 Å². The van der Waals surface area contributed by atoms with Gasteiger partial charge in [-0.25, -0.2) is 4.79 Å². The van der Waals surface area contributed by atoms with Gasteiger partial charge in [-0.1, -0.05) is 0 Å². The Morgan fingerprint density at radius 2 is 2.06 bits per heavy atom. The zero-order valence-corrected chi connectivity index (χ0v) is 7.35. The molecule has 0 bridgehead atoms. The van der Waals surface area contributed by atoms with Crippen molar-refractivity contribution >= 4 is 11.7 Å². The highest BCUT2D eigenvalue weighted by atomic mass is 19.4. The number of halogens is 3. The summed E-state index contributed by atoms with van der Waals surface area (Å²) in [5.41, 5.74) is -3.54. The van der Waals surface area contributed by atoms with Crippen molar-refractivity contribution in [1.29, 1.82) is 0 Å². The minimum Gasteiger partial charge on any atom is -0.477 e. The molecule has 1 heterocycles. The number of alkyl halides is 3. The SMILES string of the molecule is O=C(O)c1cnc(C(F)(F)F)cc1[N+](=O)[O-]. The monoisotopic (exact) mass is 236 g/mol. The quantitative estimate of drug-likeness (QED) is 0.623. The van der Waals surface area contributed by atoms with Crippen molar-refractivity contribution in [2.45, 2.75) is 6.18 Å². The molecule has 0 aliphatic heterocycles. The van der Waals surface area contributed by atoms with Gasteiger partial charge in [0.15, 0.2) is 11.3 Å². The molecule has 1 aromatic heterocycles. The van der Waals surface area contributed by atoms with E-state index in [1.165, 1.54) is 0 Å². The molecule has 0 saturated heterocycles. The largest absolute Gasteiger partial charge is 0.477 e. The normalized spacial score (nSPS) is 11.2. The van der Waals surface area contributed by atoms with Crippen LogP contribution in [-0.2, 0) is 6.18 Å². The summed E-state index contributed by atoms with van der Waals surface area (Å²) >= 11 is 0. The molecule has 0 radical (unpaired) electrons. The van der Waals surface area contributed by atoms with Crippen molar-refractivity contribution in [2.75, 3.05) is 0 Å². The number of carbonyl (C=O) groups is 1. The molecule has 0 spiro atoms. The number of aromatic carboxylic acids is 1. The van der Waals surface area contributed by atoms with E-state index in [-0.39, 0.29) is 6.07 Å². The fraction of sp³-hybridized carbons (Fsp3) is 0.143. The van der Waals surface area contributed by atoms with Gasteiger partial charge in [0.2, 0.25) is 0 Å². The first-order valence-electron chi connectivity index (χ1n) is 3.68. The highest BCUT2D eigenvalue weighted by molar-refractivity contribution is 5.91. The van der Waals surface area contributed by atoms with Crippen molar-refractivity contribution in [1.82, 2.24) is 4.98 Å². The summed E-state index contributed by atoms with van der Waals surface area (Å²) < 4.78 is 36.4. The van der Waals surface area contributed by atoms with E-state index in [2.05, 4.69) is 4.98 Å². The lowest BCUT2D eigenvalue weighted by Gasteiger charge is -2.05. The Labute approximate surface area is 85.5 Å². The van der Waals surface area contributed by atoms with E-state index in [1.54, 1.807) is 0 Å². The van der Waals surface area contributed by atoms with Gasteiger partial charge in [-0.05, 0) is 0 Å². The molecule has 16 heavy (non-hydrogen) atoms. The van der Waals surface area contributed by atoms with Crippen molar-refractivity contribution < 1.29 is 28.0 Å². The maximum Gasteiger partial charge on any atom is 0.433 e. The predicted octanol–water partition coefficient (Wildman–Crippen LogP) is 1.71. The van der Waals surface area contributed by atoms with Crippen LogP contribution >= 0.6 is 0 Å². The van der Waals surface area contributed by atoms with Gasteiger partial charge in [-0.15, -0.1) is 0 Å². The zero-order chi connectivity index (χ0) is 12.5. The Hall–Kier alpha value is -2.19. The van der Waals surface area contributed by atoms with Crippen LogP contribution < -0.4 is 0 Å². The van der Waals surface area contributed by atoms with Gasteiger partial charge >= 0.3 is 12.1 Å². The van der Waals surface area contributed by atoms with Gasteiger partial charge < -0.3 is 5.11 Å². The van der Waals surface area contributed by atoms with Gasteiger partial charge in [0.1, 0.15) is 0 Å². The molecule has 0 atom stereocenters. The van der Waals surface area contributed by atoms with Gasteiger partial charge in [-0.2, -0.15) is 13.2 Å². The number of nitrogens with zero attached hydrogens (tertiary/aromatic N) is 2. The van der Waals surface area contributed by atoms with Crippen molar-refractivity contribution in [3.8, 4) is 0 Å². The standard InChI is InChI=1S/C7H3F3N2O4/c8-7(9,10)5-1-4(12(15)16)3(2-11-5)6(13)14/h1-2H,(H,13,14). The zero-order valence-electron chi connectivity index (χ0n) is 7.35. The van der Waals surface area contributed by atoms with E-state index >= 15 is 0 Å². The smallest absolute Gasteiger partial charge is 0.433 e. The topological polar surface area (TPSA) is 93.3 Å². The summed E-state index contributed by atoms with van der Waals surface area (Å²) in [6, 6.07) is 0.0868. The highest BCUT2D eigenvalue weighted by Gasteiger charge is 2.35. The Balaban J connectivity index is 3.40. The number of pyridine rings is 1. The second kappa shape index (κ2) is 3.76. The third-order valence-corrected chi connectivity index (χ3v) is 1.60. The molecule has 1 N–H and O–H groups in total. The van der Waals surface area contributed by atoms with Crippen molar-refractivity contribution in [3.05, 3.63) is 33.6 Å². The molecule has 0 amide bonds. The molecule has 1 rings (SSSR count). The predicted molar refractivity (Wildman–Crippen MR) is 42.9 cm³/mol. The number of hydrogen-bond donors (Lipinski definition) is 1. The molecule has 86 valence electrons. The lowest BCUT2D eigenvalue weighted by Crippen LogP contribution is -2.11. The molecule has 0 saturated carbocycles. The molecule has 0 unspecified atom stereocenters. The summed E-state index contributed by atoms with van der Waals surface area (Å²) in [4.78, 5) is 22.4. The lowest BCUT2D eigenvalue weighted by atomic mass is 10.2. The summed E-state index contributed by atoms with van der Waals surface area (Å²) in [6.45, 7) is 0. The van der Waals surface area contributed by atoms with E-state index in [0.717, 1.165) is 0 Å². The number of nitro groups is 1. The summed E-state index contributed by atoms with van der Waals surface area (Å²) in [6.07, 6.45) is -4.55. The highest BCUT2D eigenvalue weighted by Crippen LogP contribution is 2.30. The van der Waals surface area contributed by atoms with Crippen molar-refractivity contribution in [3.63, 3.8) is 0 Å². The number of aromatic nitrogens is 1. The second-order valence-corrected chi connectivity index (χ2v) is 2.65. The third kappa shape index (κ3) is 2.24. The van der Waals surface area contributed by atoms with Crippen LogP contribution in [0.25, 0.3) is 0 Å². The Morgan fingerprint density at radius 1 is 1.50 bits per heavy atom. The van der Waals surface area contributed by atoms with Crippen LogP contribution in [0.2, 0.25) is 0 Å². The number of carboxylic acid groups (broad SMARTS) is 1. The van der Waals surface area contributed by atoms with Crippen LogP contribution in [0.3, 0.4) is 0 Å². The average molecular weight is 236 g/mol. The minimum absolute atomic E-state index is 0.0868. The van der Waals surface area contributed by atoms with E-state index in [0.29, 0.717) is 6.20 Å². The molecule has 0 aromatic carbocycles. The first-order valence-corrected chi connectivity index (χ1v) is 3.68. The molecule has 1 aromatic rings. The first kappa shape index (κ1) is 11.9. The van der Waals surface area contributed by atoms with E-state index in [9.17, 15) is 28.1 Å². The maximum absolute atomic E-state index is 12.1. The Bertz CT molecular complexity index is 457. The molecule has 9 heteroatoms. The minimum atomic E-state index is -4.86. The van der Waals surface area contributed by atoms with Gasteiger partial charge in [0, 0.05) is 12.3 Å². The molecule has 0 aliphatic rings. The molecular formula is C7H3F3N2O4. The lowest BCUT2D eigenvalue weighted by molar-refractivity contribution is -0.385. The fourth-order valence-corrected chi connectivity index (χ4v) is 0.916. The fourth-order valence-electron chi connectivity index (χ4n) is 0.916. The van der Waals surface area contributed by atoms with Crippen LogP contribution in [0.1, 0.15) is 16.1 Å². The third-order valence-electron chi connectivity index (χ3n) is 1.60. The summed E-state index contributed by atoms with van der Waals surface area (Å²) in [7, 11) is 0. The van der Waals surface area contributed by atoms with Gasteiger partial charge in [0.05, 0.1) is 4.92 Å². The Morgan fingerprint density at radius 3 is 2.44 bits per heavy atom. The van der Waals surface area contributed by atoms with Crippen LogP contribution in [0.5, 0.6) is 0 Å². The van der Waals surface area contributed by atoms with Crippen LogP contribution in [0.4, 0.5) is 18.9 Å². The van der Waals surface area contributed by atoms with Crippen molar-refractivity contribution in [2.24, 2.45) is 0 Å². The van der Waals surface area contributed by atoms with Gasteiger partial charge in [0.25, 0.3) is 5.69 Å². The van der Waals surface area contributed by atoms with E-state index in [4.69, 9.17) is 5.11 Å². The number of hydrogen-bond acceptors (Lipinski definition) is 4. The first-order chi connectivity index (χ1) is 7.23. The number of carboxylic acids is 1. The average Bonchev–Trinajstić information content (AvgIpc) is 2.15. The molecule has 0 aliphatic carbocycles. The van der Waals surface area contributed by atoms with E-state index in [1.807, 2.05) is 0 Å². The van der Waals surface area contributed by atoms with Crippen LogP contribution in [0, 0.1) is 10.1 Å². The second-order valence-electron chi connectivity index (χ2n) is 2.65. The summed E-state index contributed by atoms with van der Waals surface area (Å²) in [5.74, 6) is -1.71. The van der Waals surface area contributed by atoms with Crippen LogP contribution in [-0.4, -0.2) is 21.0 Å². The van der Waals surface area contributed by atoms with E-state index < -0.39 is 34.0 Å². The molecular weight excluding hydrogens is 233 g/mol. The Kier molecular flexibility index (Phi) is 2.79. The molecule has 6 nitrogen and oxygen atoms in total.